The minimum absolute atomic E-state index is 0.0353. The average Bonchev–Trinajstić information content (AvgIpc) is 3.53. The highest BCUT2D eigenvalue weighted by Crippen LogP contribution is 2.44. The van der Waals surface area contributed by atoms with Gasteiger partial charge in [-0.3, -0.25) is 9.69 Å². The van der Waals surface area contributed by atoms with Gasteiger partial charge < -0.3 is 24.8 Å². The summed E-state index contributed by atoms with van der Waals surface area (Å²) in [6, 6.07) is 15.8. The van der Waals surface area contributed by atoms with Gasteiger partial charge in [-0.25, -0.2) is 9.59 Å². The van der Waals surface area contributed by atoms with E-state index in [1.54, 1.807) is 4.90 Å². The summed E-state index contributed by atoms with van der Waals surface area (Å²) in [5.41, 5.74) is 4.05. The number of piperidine rings is 1. The summed E-state index contributed by atoms with van der Waals surface area (Å²) < 4.78 is 11.4. The molecule has 1 aliphatic carbocycles. The molecule has 3 aliphatic rings. The molecule has 3 atom stereocenters. The summed E-state index contributed by atoms with van der Waals surface area (Å²) in [6.07, 6.45) is 2.08. The average molecular weight is 564 g/mol. The highest BCUT2D eigenvalue weighted by atomic mass is 16.6. The van der Waals surface area contributed by atoms with Gasteiger partial charge in [0.1, 0.15) is 18.2 Å². The number of carbonyl (C=O) groups is 3. The van der Waals surface area contributed by atoms with Crippen molar-refractivity contribution in [2.24, 2.45) is 5.92 Å². The number of hydrogen-bond acceptors (Lipinski definition) is 6. The molecule has 2 aromatic rings. The van der Waals surface area contributed by atoms with Gasteiger partial charge in [-0.05, 0) is 81.2 Å². The Morgan fingerprint density at radius 1 is 0.976 bits per heavy atom. The molecule has 2 fully saturated rings. The summed E-state index contributed by atoms with van der Waals surface area (Å²) in [5, 5.41) is 12.5. The fourth-order valence-corrected chi connectivity index (χ4v) is 6.50. The minimum Gasteiger partial charge on any atom is -0.480 e. The number of ether oxygens (including phenoxy) is 2. The number of aliphatic carboxylic acids is 1. The number of nitrogens with one attached hydrogen (secondary N) is 1. The van der Waals surface area contributed by atoms with Crippen LogP contribution in [0.5, 0.6) is 0 Å². The number of nitrogens with zero attached hydrogens (tertiary/aromatic N) is 2. The number of alkyl carbamates (subject to hydrolysis) is 1. The number of hydrogen-bond donors (Lipinski definition) is 2. The van der Waals surface area contributed by atoms with Crippen LogP contribution in [0.25, 0.3) is 11.1 Å². The van der Waals surface area contributed by atoms with Crippen molar-refractivity contribution in [1.29, 1.82) is 0 Å². The highest BCUT2D eigenvalue weighted by Gasteiger charge is 2.39. The van der Waals surface area contributed by atoms with Crippen LogP contribution >= 0.6 is 0 Å². The molecular formula is C32H41N3O6. The Labute approximate surface area is 241 Å². The maximum absolute atomic E-state index is 13.7. The molecule has 2 amide bonds. The Morgan fingerprint density at radius 3 is 2.27 bits per heavy atom. The van der Waals surface area contributed by atoms with Crippen LogP contribution < -0.4 is 5.32 Å². The summed E-state index contributed by atoms with van der Waals surface area (Å²) in [4.78, 5) is 41.5. The van der Waals surface area contributed by atoms with E-state index in [0.29, 0.717) is 39.0 Å². The van der Waals surface area contributed by atoms with Crippen LogP contribution in [-0.4, -0.2) is 83.5 Å². The van der Waals surface area contributed by atoms with E-state index < -0.39 is 29.8 Å². The van der Waals surface area contributed by atoms with Crippen molar-refractivity contribution in [2.45, 2.75) is 70.1 Å². The topological polar surface area (TPSA) is 108 Å². The van der Waals surface area contributed by atoms with Gasteiger partial charge in [-0.2, -0.15) is 0 Å². The van der Waals surface area contributed by atoms with Gasteiger partial charge in [-0.15, -0.1) is 0 Å². The molecule has 5 rings (SSSR count). The first-order chi connectivity index (χ1) is 19.6. The number of carbonyl (C=O) groups excluding carboxylic acids is 2. The number of carboxylic acids is 1. The van der Waals surface area contributed by atoms with Crippen LogP contribution in [0.3, 0.4) is 0 Å². The van der Waals surface area contributed by atoms with E-state index >= 15 is 0 Å². The highest BCUT2D eigenvalue weighted by molar-refractivity contribution is 5.79. The zero-order valence-corrected chi connectivity index (χ0v) is 24.2. The predicted octanol–water partition coefficient (Wildman–Crippen LogP) is 5.09. The Balaban J connectivity index is 1.28. The molecule has 3 unspecified atom stereocenters. The molecule has 2 heterocycles. The second-order valence-electron chi connectivity index (χ2n) is 12.4. The maximum atomic E-state index is 13.7. The van der Waals surface area contributed by atoms with Crippen molar-refractivity contribution in [2.75, 3.05) is 32.8 Å². The van der Waals surface area contributed by atoms with E-state index in [1.807, 2.05) is 49.9 Å². The molecule has 0 saturated carbocycles. The predicted molar refractivity (Wildman–Crippen MR) is 155 cm³/mol. The van der Waals surface area contributed by atoms with Crippen LogP contribution in [0.1, 0.15) is 63.5 Å². The smallest absolute Gasteiger partial charge is 0.410 e. The molecule has 0 aromatic heterocycles. The molecule has 9 heteroatoms. The lowest BCUT2D eigenvalue weighted by molar-refractivity contribution is -0.142. The Kier molecular flexibility index (Phi) is 8.54. The molecule has 0 spiro atoms. The lowest BCUT2D eigenvalue weighted by Gasteiger charge is -2.41. The SMILES string of the molecule is CC(C)(C)OC(=O)NCC1CCC(CN2CCCC2C(=O)O)N(C(=O)OCC2c3ccccc3-c3ccccc32)C1. The summed E-state index contributed by atoms with van der Waals surface area (Å²) in [5.74, 6) is -0.826. The molecule has 2 aliphatic heterocycles. The molecule has 220 valence electrons. The first-order valence-corrected chi connectivity index (χ1v) is 14.7. The van der Waals surface area contributed by atoms with Gasteiger partial charge in [0.2, 0.25) is 0 Å². The van der Waals surface area contributed by atoms with E-state index in [-0.39, 0.29) is 24.5 Å². The largest absolute Gasteiger partial charge is 0.480 e. The zero-order chi connectivity index (χ0) is 29.1. The number of benzene rings is 2. The first kappa shape index (κ1) is 28.9. The van der Waals surface area contributed by atoms with Crippen LogP contribution in [0, 0.1) is 5.92 Å². The van der Waals surface area contributed by atoms with E-state index in [4.69, 9.17) is 9.47 Å². The maximum Gasteiger partial charge on any atom is 0.410 e. The van der Waals surface area contributed by atoms with E-state index in [9.17, 15) is 19.5 Å². The quantitative estimate of drug-likeness (QED) is 0.483. The van der Waals surface area contributed by atoms with E-state index in [0.717, 1.165) is 24.0 Å². The Hall–Kier alpha value is -3.59. The van der Waals surface area contributed by atoms with Gasteiger partial charge in [0.15, 0.2) is 0 Å². The van der Waals surface area contributed by atoms with Gasteiger partial charge in [-0.1, -0.05) is 48.5 Å². The van der Waals surface area contributed by atoms with Crippen LogP contribution in [0.15, 0.2) is 48.5 Å². The van der Waals surface area contributed by atoms with Crippen LogP contribution in [0.2, 0.25) is 0 Å². The van der Waals surface area contributed by atoms with Gasteiger partial charge in [0.05, 0.1) is 0 Å². The Bertz CT molecular complexity index is 1230. The molecule has 41 heavy (non-hydrogen) atoms. The minimum atomic E-state index is -0.814. The normalized spacial score (nSPS) is 22.6. The molecule has 2 aromatic carbocycles. The third-order valence-corrected chi connectivity index (χ3v) is 8.40. The Morgan fingerprint density at radius 2 is 1.63 bits per heavy atom. The summed E-state index contributed by atoms with van der Waals surface area (Å²) >= 11 is 0. The third kappa shape index (κ3) is 6.67. The fraction of sp³-hybridized carbons (Fsp3) is 0.531. The van der Waals surface area contributed by atoms with Crippen molar-refractivity contribution in [1.82, 2.24) is 15.1 Å². The van der Waals surface area contributed by atoms with Crippen molar-refractivity contribution >= 4 is 18.2 Å². The number of rotatable bonds is 7. The van der Waals surface area contributed by atoms with Crippen LogP contribution in [0.4, 0.5) is 9.59 Å². The monoisotopic (exact) mass is 563 g/mol. The van der Waals surface area contributed by atoms with Gasteiger partial charge in [0, 0.05) is 31.6 Å². The number of likely N-dealkylation sites (tertiary alicyclic amines) is 2. The van der Waals surface area contributed by atoms with Crippen molar-refractivity contribution in [3.05, 3.63) is 59.7 Å². The number of amides is 2. The van der Waals surface area contributed by atoms with E-state index in [2.05, 4.69) is 29.6 Å². The summed E-state index contributed by atoms with van der Waals surface area (Å²) in [7, 11) is 0. The third-order valence-electron chi connectivity index (χ3n) is 8.40. The van der Waals surface area contributed by atoms with Gasteiger partial charge >= 0.3 is 18.2 Å². The van der Waals surface area contributed by atoms with Gasteiger partial charge in [0.25, 0.3) is 0 Å². The molecule has 0 bridgehead atoms. The number of carboxylic acid groups (broad SMARTS) is 1. The molecule has 2 saturated heterocycles. The molecule has 2 N–H and O–H groups in total. The molecule has 0 radical (unpaired) electrons. The van der Waals surface area contributed by atoms with Crippen molar-refractivity contribution in [3.63, 3.8) is 0 Å². The van der Waals surface area contributed by atoms with Crippen molar-refractivity contribution < 1.29 is 29.0 Å². The first-order valence-electron chi connectivity index (χ1n) is 14.7. The lowest BCUT2D eigenvalue weighted by Crippen LogP contribution is -2.54. The lowest BCUT2D eigenvalue weighted by atomic mass is 9.92. The molecule has 9 nitrogen and oxygen atoms in total. The fourth-order valence-electron chi connectivity index (χ4n) is 6.50. The number of fused-ring (bicyclic) bond motifs is 3. The standard InChI is InChI=1S/C32H41N3O6/c1-32(2,3)41-30(38)33-17-21-14-15-22(19-34-16-8-13-28(34)29(36)37)35(18-21)31(39)40-20-27-25-11-6-4-9-23(25)24-10-5-7-12-26(24)27/h4-7,9-12,21-22,27-28H,8,13-20H2,1-3H3,(H,33,38)(H,36,37). The van der Waals surface area contributed by atoms with E-state index in [1.165, 1.54) is 11.1 Å². The van der Waals surface area contributed by atoms with Crippen LogP contribution in [-0.2, 0) is 14.3 Å². The van der Waals surface area contributed by atoms with Crippen molar-refractivity contribution in [3.8, 4) is 11.1 Å². The summed E-state index contributed by atoms with van der Waals surface area (Å²) in [6.45, 7) is 7.68. The second-order valence-corrected chi connectivity index (χ2v) is 12.4. The zero-order valence-electron chi connectivity index (χ0n) is 24.2. The molecular weight excluding hydrogens is 522 g/mol. The second kappa shape index (κ2) is 12.1.